The largest absolute Gasteiger partial charge is 0.344 e. The zero-order valence-electron chi connectivity index (χ0n) is 15.7. The second kappa shape index (κ2) is 8.47. The van der Waals surface area contributed by atoms with Crippen molar-refractivity contribution in [1.29, 1.82) is 0 Å². The summed E-state index contributed by atoms with van der Waals surface area (Å²) in [7, 11) is 0. The standard InChI is InChI=1S/C21H28FN3O/c1-3-5-9-19(26)25-14-6-8-18(25)21-23-17(7-4-2)20(24-21)15-10-12-16(22)13-11-15/h10-13,18H,3-9,14H2,1-2H3,(H,23,24). The lowest BCUT2D eigenvalue weighted by molar-refractivity contribution is -0.132. The van der Waals surface area contributed by atoms with E-state index in [2.05, 4.69) is 18.8 Å². The van der Waals surface area contributed by atoms with E-state index in [1.165, 1.54) is 12.1 Å². The summed E-state index contributed by atoms with van der Waals surface area (Å²) < 4.78 is 13.3. The molecule has 0 bridgehead atoms. The van der Waals surface area contributed by atoms with Crippen molar-refractivity contribution in [2.24, 2.45) is 0 Å². The molecule has 1 atom stereocenters. The molecule has 2 aromatic rings. The first-order valence-corrected chi connectivity index (χ1v) is 9.78. The van der Waals surface area contributed by atoms with Gasteiger partial charge in [0.05, 0.1) is 11.7 Å². The van der Waals surface area contributed by atoms with E-state index in [1.807, 2.05) is 4.90 Å². The van der Waals surface area contributed by atoms with Crippen LogP contribution in [-0.2, 0) is 11.2 Å². The molecule has 26 heavy (non-hydrogen) atoms. The van der Waals surface area contributed by atoms with Crippen molar-refractivity contribution in [1.82, 2.24) is 14.9 Å². The molecular weight excluding hydrogens is 329 g/mol. The summed E-state index contributed by atoms with van der Waals surface area (Å²) in [5.41, 5.74) is 2.87. The highest BCUT2D eigenvalue weighted by molar-refractivity contribution is 5.77. The van der Waals surface area contributed by atoms with E-state index in [0.29, 0.717) is 6.42 Å². The Morgan fingerprint density at radius 1 is 1.27 bits per heavy atom. The zero-order chi connectivity index (χ0) is 18.5. The number of halogens is 1. The maximum absolute atomic E-state index is 13.3. The fraction of sp³-hybridized carbons (Fsp3) is 0.524. The molecule has 0 spiro atoms. The van der Waals surface area contributed by atoms with Crippen LogP contribution in [0.1, 0.15) is 69.9 Å². The number of carbonyl (C=O) groups excluding carboxylic acids is 1. The number of benzene rings is 1. The minimum absolute atomic E-state index is 0.0316. The number of likely N-dealkylation sites (tertiary alicyclic amines) is 1. The maximum Gasteiger partial charge on any atom is 0.223 e. The molecule has 0 radical (unpaired) electrons. The third kappa shape index (κ3) is 3.97. The summed E-state index contributed by atoms with van der Waals surface area (Å²) in [5.74, 6) is 0.853. The molecule has 2 heterocycles. The Hall–Kier alpha value is -2.17. The maximum atomic E-state index is 13.3. The smallest absolute Gasteiger partial charge is 0.223 e. The first-order valence-electron chi connectivity index (χ1n) is 9.78. The number of nitrogens with zero attached hydrogens (tertiary/aromatic N) is 2. The second-order valence-electron chi connectivity index (χ2n) is 7.05. The first kappa shape index (κ1) is 18.6. The van der Waals surface area contributed by atoms with Gasteiger partial charge in [0.25, 0.3) is 0 Å². The number of hydrogen-bond acceptors (Lipinski definition) is 2. The molecule has 1 aromatic carbocycles. The van der Waals surface area contributed by atoms with E-state index in [0.717, 1.165) is 67.8 Å². The fourth-order valence-electron chi connectivity index (χ4n) is 3.69. The molecular formula is C21H28FN3O. The number of carbonyl (C=O) groups is 1. The Balaban J connectivity index is 1.88. The number of rotatable bonds is 7. The number of hydrogen-bond donors (Lipinski definition) is 1. The summed E-state index contributed by atoms with van der Waals surface area (Å²) in [6, 6.07) is 6.51. The van der Waals surface area contributed by atoms with Gasteiger partial charge in [-0.05, 0) is 49.9 Å². The molecule has 1 saturated heterocycles. The van der Waals surface area contributed by atoms with Gasteiger partial charge in [0.15, 0.2) is 0 Å². The Morgan fingerprint density at radius 3 is 2.73 bits per heavy atom. The van der Waals surface area contributed by atoms with E-state index in [9.17, 15) is 9.18 Å². The summed E-state index contributed by atoms with van der Waals surface area (Å²) >= 11 is 0. The molecule has 1 unspecified atom stereocenters. The van der Waals surface area contributed by atoms with Gasteiger partial charge in [-0.25, -0.2) is 9.37 Å². The fourth-order valence-corrected chi connectivity index (χ4v) is 3.69. The van der Waals surface area contributed by atoms with Crippen LogP contribution in [0.4, 0.5) is 4.39 Å². The van der Waals surface area contributed by atoms with Gasteiger partial charge in [-0.2, -0.15) is 0 Å². The van der Waals surface area contributed by atoms with Crippen molar-refractivity contribution in [2.45, 2.75) is 64.8 Å². The van der Waals surface area contributed by atoms with Gasteiger partial charge in [0.1, 0.15) is 11.6 Å². The SMILES string of the molecule is CCCCC(=O)N1CCCC1c1nc(-c2ccc(F)cc2)c(CCC)[nH]1. The van der Waals surface area contributed by atoms with Gasteiger partial charge in [0, 0.05) is 24.2 Å². The molecule has 1 aliphatic heterocycles. The number of unbranched alkanes of at least 4 members (excludes halogenated alkanes) is 1. The van der Waals surface area contributed by atoms with Crippen molar-refractivity contribution < 1.29 is 9.18 Å². The van der Waals surface area contributed by atoms with E-state index in [1.54, 1.807) is 12.1 Å². The van der Waals surface area contributed by atoms with Crippen LogP contribution in [0.5, 0.6) is 0 Å². The summed E-state index contributed by atoms with van der Waals surface area (Å²) in [6.07, 6.45) is 6.41. The van der Waals surface area contributed by atoms with Gasteiger partial charge >= 0.3 is 0 Å². The van der Waals surface area contributed by atoms with Crippen molar-refractivity contribution in [3.8, 4) is 11.3 Å². The number of imidazole rings is 1. The van der Waals surface area contributed by atoms with Crippen LogP contribution in [0.2, 0.25) is 0 Å². The van der Waals surface area contributed by atoms with Crippen molar-refractivity contribution in [2.75, 3.05) is 6.54 Å². The van der Waals surface area contributed by atoms with Crippen molar-refractivity contribution in [3.05, 3.63) is 41.6 Å². The van der Waals surface area contributed by atoms with Gasteiger partial charge in [-0.3, -0.25) is 4.79 Å². The summed E-state index contributed by atoms with van der Waals surface area (Å²) in [4.78, 5) is 22.9. The molecule has 5 heteroatoms. The Kier molecular flexibility index (Phi) is 6.07. The number of H-pyrrole nitrogens is 1. The molecule has 1 aromatic heterocycles. The highest BCUT2D eigenvalue weighted by atomic mass is 19.1. The van der Waals surface area contributed by atoms with E-state index < -0.39 is 0 Å². The predicted octanol–water partition coefficient (Wildman–Crippen LogP) is 5.02. The number of amides is 1. The third-order valence-electron chi connectivity index (χ3n) is 5.05. The number of nitrogens with one attached hydrogen (secondary N) is 1. The molecule has 1 aliphatic rings. The van der Waals surface area contributed by atoms with Crippen LogP contribution in [0, 0.1) is 5.82 Å². The quantitative estimate of drug-likeness (QED) is 0.756. The van der Waals surface area contributed by atoms with E-state index in [4.69, 9.17) is 4.98 Å². The normalized spacial score (nSPS) is 17.0. The zero-order valence-corrected chi connectivity index (χ0v) is 15.7. The number of aromatic amines is 1. The minimum Gasteiger partial charge on any atom is -0.344 e. The Bertz CT molecular complexity index is 738. The molecule has 0 saturated carbocycles. The molecule has 3 rings (SSSR count). The molecule has 1 amide bonds. The van der Waals surface area contributed by atoms with Gasteiger partial charge in [-0.1, -0.05) is 26.7 Å². The van der Waals surface area contributed by atoms with Crippen LogP contribution < -0.4 is 0 Å². The molecule has 140 valence electrons. The lowest BCUT2D eigenvalue weighted by Crippen LogP contribution is -2.30. The Morgan fingerprint density at radius 2 is 2.04 bits per heavy atom. The van der Waals surface area contributed by atoms with Crippen LogP contribution in [-0.4, -0.2) is 27.3 Å². The van der Waals surface area contributed by atoms with Crippen LogP contribution in [0.25, 0.3) is 11.3 Å². The average Bonchev–Trinajstić information content (AvgIpc) is 3.28. The van der Waals surface area contributed by atoms with E-state index >= 15 is 0 Å². The van der Waals surface area contributed by atoms with Gasteiger partial charge < -0.3 is 9.88 Å². The van der Waals surface area contributed by atoms with E-state index in [-0.39, 0.29) is 17.8 Å². The summed E-state index contributed by atoms with van der Waals surface area (Å²) in [6.45, 7) is 5.04. The van der Waals surface area contributed by atoms with Crippen LogP contribution in [0.15, 0.2) is 24.3 Å². The number of aryl methyl sites for hydroxylation is 1. The number of aromatic nitrogens is 2. The minimum atomic E-state index is -0.245. The molecule has 4 nitrogen and oxygen atoms in total. The van der Waals surface area contributed by atoms with Crippen LogP contribution in [0.3, 0.4) is 0 Å². The first-order chi connectivity index (χ1) is 12.6. The topological polar surface area (TPSA) is 49.0 Å². The van der Waals surface area contributed by atoms with Gasteiger partial charge in [0.2, 0.25) is 5.91 Å². The highest BCUT2D eigenvalue weighted by Gasteiger charge is 2.32. The predicted molar refractivity (Wildman–Crippen MR) is 101 cm³/mol. The molecule has 1 N–H and O–H groups in total. The highest BCUT2D eigenvalue weighted by Crippen LogP contribution is 2.34. The molecule has 1 fully saturated rings. The van der Waals surface area contributed by atoms with Crippen molar-refractivity contribution in [3.63, 3.8) is 0 Å². The average molecular weight is 357 g/mol. The molecule has 0 aliphatic carbocycles. The Labute approximate surface area is 154 Å². The van der Waals surface area contributed by atoms with Crippen LogP contribution >= 0.6 is 0 Å². The lowest BCUT2D eigenvalue weighted by Gasteiger charge is -2.23. The monoisotopic (exact) mass is 357 g/mol. The van der Waals surface area contributed by atoms with Crippen molar-refractivity contribution >= 4 is 5.91 Å². The lowest BCUT2D eigenvalue weighted by atomic mass is 10.1. The second-order valence-corrected chi connectivity index (χ2v) is 7.05. The van der Waals surface area contributed by atoms with Gasteiger partial charge in [-0.15, -0.1) is 0 Å². The summed E-state index contributed by atoms with van der Waals surface area (Å²) in [5, 5.41) is 0. The third-order valence-corrected chi connectivity index (χ3v) is 5.05.